The topological polar surface area (TPSA) is 38.8 Å². The van der Waals surface area contributed by atoms with Crippen molar-refractivity contribution in [3.63, 3.8) is 0 Å². The molecular weight excluding hydrogens is 394 g/mol. The fraction of sp³-hybridized carbons (Fsp3) is 0.381. The molecule has 1 saturated heterocycles. The Morgan fingerprint density at radius 1 is 1.19 bits per heavy atom. The number of hydrogen-bond donors (Lipinski definition) is 0. The van der Waals surface area contributed by atoms with E-state index < -0.39 is 5.41 Å². The van der Waals surface area contributed by atoms with Crippen LogP contribution in [0.3, 0.4) is 0 Å². The molecule has 0 unspecified atom stereocenters. The summed E-state index contributed by atoms with van der Waals surface area (Å²) in [6.07, 6.45) is 1.41. The molecule has 4 nitrogen and oxygen atoms in total. The highest BCUT2D eigenvalue weighted by Crippen LogP contribution is 2.37. The fourth-order valence-electron chi connectivity index (χ4n) is 3.60. The zero-order chi connectivity index (χ0) is 18.6. The summed E-state index contributed by atoms with van der Waals surface area (Å²) in [4.78, 5) is 15.3. The highest BCUT2D eigenvalue weighted by molar-refractivity contribution is 9.10. The molecule has 1 fully saturated rings. The van der Waals surface area contributed by atoms with Gasteiger partial charge in [-0.1, -0.05) is 40.2 Å². The van der Waals surface area contributed by atoms with Gasteiger partial charge in [0.2, 0.25) is 5.91 Å². The van der Waals surface area contributed by atoms with E-state index in [0.29, 0.717) is 32.6 Å². The van der Waals surface area contributed by atoms with E-state index in [1.54, 1.807) is 7.11 Å². The van der Waals surface area contributed by atoms with Crippen LogP contribution in [-0.4, -0.2) is 38.2 Å². The standard InChI is InChI=1S/C21H24BrNO3/c1-23(15-16-4-3-5-19(14-16)25-2)20(24)21(10-12-26-13-11-21)17-6-8-18(22)9-7-17/h3-9,14H,10-13,15H2,1-2H3. The van der Waals surface area contributed by atoms with Crippen LogP contribution in [0.2, 0.25) is 0 Å². The van der Waals surface area contributed by atoms with Crippen molar-refractivity contribution in [2.45, 2.75) is 24.8 Å². The average molecular weight is 418 g/mol. The van der Waals surface area contributed by atoms with Crippen LogP contribution in [0.4, 0.5) is 0 Å². The number of likely N-dealkylation sites (N-methyl/N-ethyl adjacent to an activating group) is 1. The summed E-state index contributed by atoms with van der Waals surface area (Å²) in [6, 6.07) is 15.9. The summed E-state index contributed by atoms with van der Waals surface area (Å²) < 4.78 is 11.9. The van der Waals surface area contributed by atoms with Gasteiger partial charge in [0.1, 0.15) is 5.75 Å². The van der Waals surface area contributed by atoms with E-state index in [1.165, 1.54) is 0 Å². The van der Waals surface area contributed by atoms with Gasteiger partial charge in [0.25, 0.3) is 0 Å². The number of carbonyl (C=O) groups excluding carboxylic acids is 1. The van der Waals surface area contributed by atoms with Gasteiger partial charge in [0, 0.05) is 31.3 Å². The average Bonchev–Trinajstić information content (AvgIpc) is 2.68. The molecule has 0 aliphatic carbocycles. The molecule has 0 aromatic heterocycles. The van der Waals surface area contributed by atoms with Crippen LogP contribution in [0.25, 0.3) is 0 Å². The van der Waals surface area contributed by atoms with Crippen LogP contribution < -0.4 is 4.74 Å². The van der Waals surface area contributed by atoms with Crippen molar-refractivity contribution >= 4 is 21.8 Å². The summed E-state index contributed by atoms with van der Waals surface area (Å²) in [5.74, 6) is 0.947. The smallest absolute Gasteiger partial charge is 0.233 e. The van der Waals surface area contributed by atoms with Gasteiger partial charge in [0.05, 0.1) is 12.5 Å². The minimum absolute atomic E-state index is 0.144. The third-order valence-electron chi connectivity index (χ3n) is 5.05. The molecule has 26 heavy (non-hydrogen) atoms. The number of hydrogen-bond acceptors (Lipinski definition) is 3. The minimum atomic E-state index is -0.521. The predicted octanol–water partition coefficient (Wildman–Crippen LogP) is 4.16. The third-order valence-corrected chi connectivity index (χ3v) is 5.58. The number of benzene rings is 2. The van der Waals surface area contributed by atoms with Gasteiger partial charge >= 0.3 is 0 Å². The van der Waals surface area contributed by atoms with E-state index in [2.05, 4.69) is 15.9 Å². The van der Waals surface area contributed by atoms with Crippen LogP contribution in [0.5, 0.6) is 5.75 Å². The Bertz CT molecular complexity index is 754. The van der Waals surface area contributed by atoms with Crippen molar-refractivity contribution in [2.75, 3.05) is 27.4 Å². The summed E-state index contributed by atoms with van der Waals surface area (Å²) in [6.45, 7) is 1.76. The fourth-order valence-corrected chi connectivity index (χ4v) is 3.86. The zero-order valence-electron chi connectivity index (χ0n) is 15.2. The van der Waals surface area contributed by atoms with Crippen LogP contribution in [-0.2, 0) is 21.5 Å². The first-order chi connectivity index (χ1) is 12.5. The van der Waals surface area contributed by atoms with Crippen molar-refractivity contribution in [3.05, 3.63) is 64.1 Å². The van der Waals surface area contributed by atoms with Crippen molar-refractivity contribution in [2.24, 2.45) is 0 Å². The van der Waals surface area contributed by atoms with Crippen LogP contribution in [0, 0.1) is 0 Å². The van der Waals surface area contributed by atoms with Crippen molar-refractivity contribution in [3.8, 4) is 5.75 Å². The highest BCUT2D eigenvalue weighted by Gasteiger charge is 2.43. The number of ether oxygens (including phenoxy) is 2. The van der Waals surface area contributed by atoms with Gasteiger partial charge in [-0.2, -0.15) is 0 Å². The van der Waals surface area contributed by atoms with Gasteiger partial charge in [-0.05, 0) is 48.2 Å². The van der Waals surface area contributed by atoms with Crippen LogP contribution in [0.1, 0.15) is 24.0 Å². The number of methoxy groups -OCH3 is 1. The minimum Gasteiger partial charge on any atom is -0.497 e. The lowest BCUT2D eigenvalue weighted by Gasteiger charge is -2.39. The first-order valence-corrected chi connectivity index (χ1v) is 9.57. The second-order valence-corrected chi connectivity index (χ2v) is 7.63. The SMILES string of the molecule is COc1cccc(CN(C)C(=O)C2(c3ccc(Br)cc3)CCOCC2)c1. The van der Waals surface area contributed by atoms with E-state index >= 15 is 0 Å². The molecule has 0 spiro atoms. The molecule has 1 amide bonds. The van der Waals surface area contributed by atoms with Crippen LogP contribution >= 0.6 is 15.9 Å². The monoisotopic (exact) mass is 417 g/mol. The molecule has 1 aliphatic rings. The van der Waals surface area contributed by atoms with Crippen LogP contribution in [0.15, 0.2) is 53.0 Å². The molecule has 138 valence electrons. The lowest BCUT2D eigenvalue weighted by atomic mass is 9.73. The Labute approximate surface area is 163 Å². The number of carbonyl (C=O) groups is 1. The Morgan fingerprint density at radius 3 is 2.54 bits per heavy atom. The summed E-state index contributed by atoms with van der Waals surface area (Å²) in [5, 5.41) is 0. The Balaban J connectivity index is 1.86. The second-order valence-electron chi connectivity index (χ2n) is 6.71. The molecule has 0 bridgehead atoms. The predicted molar refractivity (Wildman–Crippen MR) is 105 cm³/mol. The molecule has 0 saturated carbocycles. The maximum atomic E-state index is 13.5. The number of amides is 1. The Kier molecular flexibility index (Phi) is 5.99. The molecule has 3 rings (SSSR count). The van der Waals surface area contributed by atoms with Gasteiger partial charge < -0.3 is 14.4 Å². The Hall–Kier alpha value is -1.85. The summed E-state index contributed by atoms with van der Waals surface area (Å²) >= 11 is 3.48. The van der Waals surface area contributed by atoms with Gasteiger partial charge in [-0.25, -0.2) is 0 Å². The molecule has 5 heteroatoms. The van der Waals surface area contributed by atoms with E-state index in [-0.39, 0.29) is 5.91 Å². The van der Waals surface area contributed by atoms with Crippen molar-refractivity contribution in [1.29, 1.82) is 0 Å². The van der Waals surface area contributed by atoms with Gasteiger partial charge in [0.15, 0.2) is 0 Å². The summed E-state index contributed by atoms with van der Waals surface area (Å²) in [7, 11) is 3.52. The number of halogens is 1. The van der Waals surface area contributed by atoms with E-state index in [1.807, 2.05) is 60.5 Å². The Morgan fingerprint density at radius 2 is 1.88 bits per heavy atom. The largest absolute Gasteiger partial charge is 0.497 e. The molecule has 2 aromatic rings. The number of nitrogens with zero attached hydrogens (tertiary/aromatic N) is 1. The second kappa shape index (κ2) is 8.23. The summed E-state index contributed by atoms with van der Waals surface area (Å²) in [5.41, 5.74) is 1.59. The normalized spacial score (nSPS) is 16.1. The first kappa shape index (κ1) is 18.9. The quantitative estimate of drug-likeness (QED) is 0.732. The molecule has 1 heterocycles. The van der Waals surface area contributed by atoms with Gasteiger partial charge in [-0.3, -0.25) is 4.79 Å². The first-order valence-electron chi connectivity index (χ1n) is 8.77. The third kappa shape index (κ3) is 3.94. The zero-order valence-corrected chi connectivity index (χ0v) is 16.8. The highest BCUT2D eigenvalue weighted by atomic mass is 79.9. The lowest BCUT2D eigenvalue weighted by molar-refractivity contribution is -0.140. The lowest BCUT2D eigenvalue weighted by Crippen LogP contribution is -2.48. The van der Waals surface area contributed by atoms with Crippen molar-refractivity contribution in [1.82, 2.24) is 4.90 Å². The molecule has 0 radical (unpaired) electrons. The molecular formula is C21H24BrNO3. The van der Waals surface area contributed by atoms with Gasteiger partial charge in [-0.15, -0.1) is 0 Å². The van der Waals surface area contributed by atoms with E-state index in [0.717, 1.165) is 21.3 Å². The molecule has 2 aromatic carbocycles. The van der Waals surface area contributed by atoms with Crippen molar-refractivity contribution < 1.29 is 14.3 Å². The molecule has 0 atom stereocenters. The van der Waals surface area contributed by atoms with E-state index in [9.17, 15) is 4.79 Å². The molecule has 1 aliphatic heterocycles. The maximum absolute atomic E-state index is 13.5. The number of rotatable bonds is 5. The molecule has 0 N–H and O–H groups in total. The van der Waals surface area contributed by atoms with E-state index in [4.69, 9.17) is 9.47 Å². The maximum Gasteiger partial charge on any atom is 0.233 e.